The van der Waals surface area contributed by atoms with Crippen LogP contribution in [0.1, 0.15) is 65.1 Å². The molecule has 0 N–H and O–H groups in total. The van der Waals surface area contributed by atoms with Crippen molar-refractivity contribution in [1.82, 2.24) is 9.47 Å². The molecule has 1 atom stereocenters. The van der Waals surface area contributed by atoms with Crippen LogP contribution in [-0.2, 0) is 24.2 Å². The maximum absolute atomic E-state index is 13.1. The van der Waals surface area contributed by atoms with E-state index in [-0.39, 0.29) is 11.9 Å². The Bertz CT molecular complexity index is 1040. The fourth-order valence-corrected chi connectivity index (χ4v) is 6.23. The number of carbonyl (C=O) groups excluding carboxylic acids is 1. The van der Waals surface area contributed by atoms with Gasteiger partial charge in [0.1, 0.15) is 5.00 Å². The number of rotatable bonds is 2. The highest BCUT2D eigenvalue weighted by Gasteiger charge is 2.35. The van der Waals surface area contributed by atoms with E-state index in [9.17, 15) is 4.79 Å². The van der Waals surface area contributed by atoms with E-state index >= 15 is 0 Å². The molecule has 3 aromatic rings. The summed E-state index contributed by atoms with van der Waals surface area (Å²) in [4.78, 5) is 16.8. The molecule has 0 spiro atoms. The van der Waals surface area contributed by atoms with Crippen LogP contribution in [0.25, 0.3) is 5.00 Å². The molecule has 3 heterocycles. The standard InChI is InChI=1S/C24H26N2OS/c1-3-22(27)26-15-19-18-10-4-5-12-21(18)28-24(19)25-13-7-11-20(25)23(26)17-9-6-8-16(2)14-17/h6-9,11,13-14,23H,3-5,10,12,15H2,1-2H3/t23-/m1/s1. The Balaban J connectivity index is 1.74. The fourth-order valence-electron chi connectivity index (χ4n) is 4.82. The number of fused-ring (bicyclic) bond motifs is 5. The van der Waals surface area contributed by atoms with Gasteiger partial charge >= 0.3 is 0 Å². The molecule has 1 aromatic carbocycles. The third-order valence-corrected chi connectivity index (χ3v) is 7.49. The Labute approximate surface area is 170 Å². The van der Waals surface area contributed by atoms with Crippen LogP contribution in [0.15, 0.2) is 42.6 Å². The Morgan fingerprint density at radius 3 is 2.82 bits per heavy atom. The molecule has 1 aliphatic carbocycles. The number of thiophene rings is 1. The van der Waals surface area contributed by atoms with Gasteiger partial charge in [0.05, 0.1) is 11.7 Å². The predicted octanol–water partition coefficient (Wildman–Crippen LogP) is 5.57. The van der Waals surface area contributed by atoms with Crippen molar-refractivity contribution in [2.75, 3.05) is 0 Å². The lowest BCUT2D eigenvalue weighted by Crippen LogP contribution is -2.34. The van der Waals surface area contributed by atoms with Gasteiger partial charge in [-0.25, -0.2) is 0 Å². The molecule has 144 valence electrons. The first-order valence-corrected chi connectivity index (χ1v) is 11.2. The molecule has 5 rings (SSSR count). The van der Waals surface area contributed by atoms with E-state index in [1.807, 2.05) is 18.3 Å². The second kappa shape index (κ2) is 6.93. The summed E-state index contributed by atoms with van der Waals surface area (Å²) in [5.74, 6) is 0.225. The molecule has 4 heteroatoms. The summed E-state index contributed by atoms with van der Waals surface area (Å²) in [6.45, 7) is 4.82. The van der Waals surface area contributed by atoms with Crippen LogP contribution >= 0.6 is 11.3 Å². The molecule has 0 radical (unpaired) electrons. The smallest absolute Gasteiger partial charge is 0.223 e. The van der Waals surface area contributed by atoms with Gasteiger partial charge in [0.25, 0.3) is 0 Å². The van der Waals surface area contributed by atoms with Gasteiger partial charge in [0.2, 0.25) is 5.91 Å². The minimum absolute atomic E-state index is 0.0406. The van der Waals surface area contributed by atoms with E-state index in [0.29, 0.717) is 13.0 Å². The zero-order valence-corrected chi connectivity index (χ0v) is 17.4. The summed E-state index contributed by atoms with van der Waals surface area (Å²) >= 11 is 1.95. The number of aromatic nitrogens is 1. The van der Waals surface area contributed by atoms with E-state index in [1.54, 1.807) is 0 Å². The Morgan fingerprint density at radius 1 is 1.14 bits per heavy atom. The first-order chi connectivity index (χ1) is 13.7. The first kappa shape index (κ1) is 17.7. The first-order valence-electron chi connectivity index (χ1n) is 10.3. The number of aryl methyl sites for hydroxylation is 2. The highest BCUT2D eigenvalue weighted by Crippen LogP contribution is 2.44. The van der Waals surface area contributed by atoms with Gasteiger partial charge in [0.15, 0.2) is 0 Å². The van der Waals surface area contributed by atoms with Crippen molar-refractivity contribution < 1.29 is 4.79 Å². The minimum atomic E-state index is -0.0406. The molecule has 2 aliphatic rings. The molecule has 2 aromatic heterocycles. The summed E-state index contributed by atoms with van der Waals surface area (Å²) in [7, 11) is 0. The van der Waals surface area contributed by atoms with Crippen molar-refractivity contribution in [3.8, 4) is 5.00 Å². The van der Waals surface area contributed by atoms with Crippen molar-refractivity contribution >= 4 is 17.2 Å². The average Bonchev–Trinajstić information content (AvgIpc) is 3.29. The van der Waals surface area contributed by atoms with Gasteiger partial charge in [-0.15, -0.1) is 11.3 Å². The van der Waals surface area contributed by atoms with Gasteiger partial charge in [-0.05, 0) is 55.9 Å². The molecule has 3 nitrogen and oxygen atoms in total. The fraction of sp³-hybridized carbons (Fsp3) is 0.375. The largest absolute Gasteiger partial charge is 0.326 e. The second-order valence-corrected chi connectivity index (χ2v) is 9.07. The van der Waals surface area contributed by atoms with Crippen LogP contribution < -0.4 is 0 Å². The summed E-state index contributed by atoms with van der Waals surface area (Å²) in [6, 6.07) is 12.9. The Morgan fingerprint density at radius 2 is 2.00 bits per heavy atom. The summed E-state index contributed by atoms with van der Waals surface area (Å²) in [6.07, 6.45) is 7.60. The molecule has 1 aliphatic heterocycles. The zero-order valence-electron chi connectivity index (χ0n) is 16.6. The topological polar surface area (TPSA) is 25.2 Å². The van der Waals surface area contributed by atoms with Gasteiger partial charge < -0.3 is 9.47 Å². The molecule has 0 saturated heterocycles. The van der Waals surface area contributed by atoms with Crippen molar-refractivity contribution in [1.29, 1.82) is 0 Å². The summed E-state index contributed by atoms with van der Waals surface area (Å²) in [5, 5.41) is 1.33. The lowest BCUT2D eigenvalue weighted by Gasteiger charge is -2.31. The number of hydrogen-bond donors (Lipinski definition) is 0. The van der Waals surface area contributed by atoms with Gasteiger partial charge in [-0.2, -0.15) is 0 Å². The summed E-state index contributed by atoms with van der Waals surface area (Å²) in [5.41, 5.74) is 6.53. The quantitative estimate of drug-likeness (QED) is 0.562. The number of amides is 1. The monoisotopic (exact) mass is 390 g/mol. The van der Waals surface area contributed by atoms with E-state index < -0.39 is 0 Å². The van der Waals surface area contributed by atoms with Gasteiger partial charge in [-0.1, -0.05) is 36.8 Å². The molecule has 0 bridgehead atoms. The maximum Gasteiger partial charge on any atom is 0.223 e. The molecule has 28 heavy (non-hydrogen) atoms. The highest BCUT2D eigenvalue weighted by atomic mass is 32.1. The molecular weight excluding hydrogens is 364 g/mol. The highest BCUT2D eigenvalue weighted by molar-refractivity contribution is 7.15. The number of benzene rings is 1. The molecular formula is C24H26N2OS. The zero-order chi connectivity index (χ0) is 19.3. The van der Waals surface area contributed by atoms with Crippen molar-refractivity contribution in [2.24, 2.45) is 0 Å². The van der Waals surface area contributed by atoms with E-state index in [0.717, 1.165) is 6.42 Å². The van der Waals surface area contributed by atoms with E-state index in [2.05, 4.69) is 59.0 Å². The third-order valence-electron chi connectivity index (χ3n) is 6.16. The second-order valence-electron chi connectivity index (χ2n) is 7.99. The van der Waals surface area contributed by atoms with Crippen LogP contribution in [0.2, 0.25) is 0 Å². The van der Waals surface area contributed by atoms with E-state index in [4.69, 9.17) is 0 Å². The average molecular weight is 391 g/mol. The number of carbonyl (C=O) groups is 1. The third kappa shape index (κ3) is 2.74. The van der Waals surface area contributed by atoms with E-state index in [1.165, 1.54) is 57.1 Å². The molecule has 0 unspecified atom stereocenters. The summed E-state index contributed by atoms with van der Waals surface area (Å²) < 4.78 is 2.36. The maximum atomic E-state index is 13.1. The SMILES string of the molecule is CCC(=O)N1Cc2c(sc3c2CCCC3)-n2cccc2[C@H]1c1cccc(C)c1. The molecule has 0 saturated carbocycles. The van der Waals surface area contributed by atoms with Gasteiger partial charge in [-0.3, -0.25) is 4.79 Å². The lowest BCUT2D eigenvalue weighted by molar-refractivity contribution is -0.133. The minimum Gasteiger partial charge on any atom is -0.326 e. The predicted molar refractivity (Wildman–Crippen MR) is 114 cm³/mol. The van der Waals surface area contributed by atoms with Crippen molar-refractivity contribution in [2.45, 2.75) is 58.5 Å². The molecule has 0 fully saturated rings. The van der Waals surface area contributed by atoms with Crippen molar-refractivity contribution in [3.05, 3.63) is 75.4 Å². The molecule has 1 amide bonds. The Hall–Kier alpha value is -2.33. The Kier molecular flexibility index (Phi) is 4.39. The van der Waals surface area contributed by atoms with Crippen LogP contribution in [0, 0.1) is 6.92 Å². The lowest BCUT2D eigenvalue weighted by atomic mass is 9.94. The van der Waals surface area contributed by atoms with Gasteiger partial charge in [0, 0.05) is 29.6 Å². The van der Waals surface area contributed by atoms with Crippen LogP contribution in [0.3, 0.4) is 0 Å². The normalized spacial score (nSPS) is 18.2. The number of hydrogen-bond acceptors (Lipinski definition) is 2. The van der Waals surface area contributed by atoms with Crippen LogP contribution in [0.4, 0.5) is 0 Å². The number of nitrogens with zero attached hydrogens (tertiary/aromatic N) is 2. The van der Waals surface area contributed by atoms with Crippen LogP contribution in [0.5, 0.6) is 0 Å². The van der Waals surface area contributed by atoms with Crippen molar-refractivity contribution in [3.63, 3.8) is 0 Å². The van der Waals surface area contributed by atoms with Crippen LogP contribution in [-0.4, -0.2) is 15.4 Å².